The summed E-state index contributed by atoms with van der Waals surface area (Å²) in [6, 6.07) is 15.0. The van der Waals surface area contributed by atoms with Crippen molar-refractivity contribution >= 4 is 23.2 Å². The molecule has 2 aromatic carbocycles. The van der Waals surface area contributed by atoms with Gasteiger partial charge in [-0.25, -0.2) is 14.0 Å². The van der Waals surface area contributed by atoms with Crippen molar-refractivity contribution in [3.05, 3.63) is 80.4 Å². The van der Waals surface area contributed by atoms with Gasteiger partial charge in [-0.2, -0.15) is 0 Å². The Morgan fingerprint density at radius 2 is 1.67 bits per heavy atom. The van der Waals surface area contributed by atoms with Crippen LogP contribution in [0.25, 0.3) is 16.9 Å². The molecule has 0 bridgehead atoms. The van der Waals surface area contributed by atoms with Crippen LogP contribution in [0, 0.1) is 6.92 Å². The van der Waals surface area contributed by atoms with Gasteiger partial charge in [0.25, 0.3) is 0 Å². The molecule has 0 aliphatic carbocycles. The molecule has 0 amide bonds. The number of hydrogen-bond donors (Lipinski definition) is 0. The summed E-state index contributed by atoms with van der Waals surface area (Å²) in [5.41, 5.74) is 3.93. The summed E-state index contributed by atoms with van der Waals surface area (Å²) in [6.45, 7) is 2.17. The van der Waals surface area contributed by atoms with E-state index in [1.165, 1.54) is 9.25 Å². The lowest BCUT2D eigenvalue weighted by atomic mass is 10.1. The molecule has 9 heteroatoms. The van der Waals surface area contributed by atoms with Crippen molar-refractivity contribution in [3.63, 3.8) is 0 Å². The third-order valence-corrected chi connectivity index (χ3v) is 5.34. The van der Waals surface area contributed by atoms with E-state index in [0.29, 0.717) is 16.6 Å². The van der Waals surface area contributed by atoms with E-state index in [1.807, 2.05) is 56.4 Å². The maximum atomic E-state index is 12.4. The molecule has 30 heavy (non-hydrogen) atoms. The van der Waals surface area contributed by atoms with Crippen LogP contribution in [0.1, 0.15) is 11.1 Å². The Kier molecular flexibility index (Phi) is 5.40. The first-order valence-corrected chi connectivity index (χ1v) is 9.94. The molecule has 7 nitrogen and oxygen atoms in total. The number of para-hydroxylation sites is 1. The van der Waals surface area contributed by atoms with E-state index in [2.05, 4.69) is 10.2 Å². The van der Waals surface area contributed by atoms with Crippen molar-refractivity contribution in [3.8, 4) is 22.8 Å². The van der Waals surface area contributed by atoms with Gasteiger partial charge in [-0.1, -0.05) is 41.9 Å². The van der Waals surface area contributed by atoms with Gasteiger partial charge in [-0.05, 0) is 36.7 Å². The predicted molar refractivity (Wildman–Crippen MR) is 117 cm³/mol. The number of halogens is 2. The summed E-state index contributed by atoms with van der Waals surface area (Å²) < 4.78 is 10.4. The summed E-state index contributed by atoms with van der Waals surface area (Å²) in [5.74, 6) is 0.516. The molecule has 0 aliphatic heterocycles. The lowest BCUT2D eigenvalue weighted by Crippen LogP contribution is -2.22. The van der Waals surface area contributed by atoms with Crippen molar-refractivity contribution in [1.82, 2.24) is 24.1 Å². The van der Waals surface area contributed by atoms with Crippen LogP contribution in [0.5, 0.6) is 5.88 Å². The molecule has 0 spiro atoms. The Hall–Kier alpha value is -3.03. The maximum absolute atomic E-state index is 12.4. The van der Waals surface area contributed by atoms with E-state index in [4.69, 9.17) is 27.9 Å². The lowest BCUT2D eigenvalue weighted by Gasteiger charge is -2.10. The van der Waals surface area contributed by atoms with Gasteiger partial charge in [0.1, 0.15) is 6.61 Å². The smallest absolute Gasteiger partial charge is 0.351 e. The minimum atomic E-state index is -0.327. The highest BCUT2D eigenvalue weighted by Crippen LogP contribution is 2.31. The highest BCUT2D eigenvalue weighted by atomic mass is 35.5. The van der Waals surface area contributed by atoms with E-state index in [-0.39, 0.29) is 17.6 Å². The summed E-state index contributed by atoms with van der Waals surface area (Å²) in [6.07, 6.45) is 0. The lowest BCUT2D eigenvalue weighted by molar-refractivity contribution is 0.288. The largest absolute Gasteiger partial charge is 0.471 e. The molecular weight excluding hydrogens is 425 g/mol. The van der Waals surface area contributed by atoms with Crippen molar-refractivity contribution in [2.75, 3.05) is 0 Å². The fraction of sp³-hybridized carbons (Fsp3) is 0.190. The Morgan fingerprint density at radius 3 is 2.33 bits per heavy atom. The second kappa shape index (κ2) is 8.01. The molecule has 0 saturated heterocycles. The standard InChI is InChI=1S/C21H19Cl2N5O2/c1-13-18(14-8-10-16(22)11-9-14)26(2)24-19(13)30-12-15-6-4-5-7-17(15)28-20(23)25-27(3)21(28)29/h4-11H,12H2,1-3H3. The van der Waals surface area contributed by atoms with Crippen molar-refractivity contribution in [2.24, 2.45) is 14.1 Å². The van der Waals surface area contributed by atoms with Crippen molar-refractivity contribution in [1.29, 1.82) is 0 Å². The van der Waals surface area contributed by atoms with E-state index < -0.39 is 0 Å². The average molecular weight is 444 g/mol. The van der Waals surface area contributed by atoms with Crippen LogP contribution in [0.15, 0.2) is 53.3 Å². The van der Waals surface area contributed by atoms with E-state index in [1.54, 1.807) is 17.8 Å². The monoisotopic (exact) mass is 443 g/mol. The number of aromatic nitrogens is 5. The Morgan fingerprint density at radius 1 is 0.967 bits per heavy atom. The molecule has 0 aliphatic rings. The quantitative estimate of drug-likeness (QED) is 0.464. The molecule has 4 rings (SSSR count). The van der Waals surface area contributed by atoms with Gasteiger partial charge < -0.3 is 4.74 Å². The molecule has 2 aromatic heterocycles. The van der Waals surface area contributed by atoms with Gasteiger partial charge in [0.05, 0.1) is 11.4 Å². The summed E-state index contributed by atoms with van der Waals surface area (Å²) in [4.78, 5) is 12.4. The highest BCUT2D eigenvalue weighted by molar-refractivity contribution is 6.30. The van der Waals surface area contributed by atoms with E-state index >= 15 is 0 Å². The van der Waals surface area contributed by atoms with E-state index in [0.717, 1.165) is 22.4 Å². The number of rotatable bonds is 5. The van der Waals surface area contributed by atoms with Gasteiger partial charge in [0.2, 0.25) is 11.2 Å². The molecule has 0 fully saturated rings. The Balaban J connectivity index is 1.65. The maximum Gasteiger partial charge on any atom is 0.351 e. The minimum absolute atomic E-state index is 0.0917. The Bertz CT molecular complexity index is 1270. The average Bonchev–Trinajstić information content (AvgIpc) is 3.15. The SMILES string of the molecule is Cc1c(OCc2ccccc2-n2c(Cl)nn(C)c2=O)nn(C)c1-c1ccc(Cl)cc1. The van der Waals surface area contributed by atoms with E-state index in [9.17, 15) is 4.79 Å². The van der Waals surface area contributed by atoms with Gasteiger partial charge >= 0.3 is 5.69 Å². The molecule has 0 unspecified atom stereocenters. The van der Waals surface area contributed by atoms with Crippen molar-refractivity contribution < 1.29 is 4.74 Å². The number of nitrogens with zero attached hydrogens (tertiary/aromatic N) is 5. The second-order valence-corrected chi connectivity index (χ2v) is 7.61. The Labute approximate surface area is 183 Å². The molecule has 154 valence electrons. The zero-order valence-corrected chi connectivity index (χ0v) is 18.1. The number of aryl methyl sites for hydroxylation is 2. The van der Waals surface area contributed by atoms with Crippen LogP contribution < -0.4 is 10.4 Å². The second-order valence-electron chi connectivity index (χ2n) is 6.84. The van der Waals surface area contributed by atoms with Crippen LogP contribution >= 0.6 is 23.2 Å². The topological polar surface area (TPSA) is 66.9 Å². The third kappa shape index (κ3) is 3.62. The minimum Gasteiger partial charge on any atom is -0.471 e. The first-order chi connectivity index (χ1) is 14.4. The molecule has 4 aromatic rings. The fourth-order valence-electron chi connectivity index (χ4n) is 3.39. The highest BCUT2D eigenvalue weighted by Gasteiger charge is 2.18. The normalized spacial score (nSPS) is 11.1. The summed E-state index contributed by atoms with van der Waals surface area (Å²) in [5, 5.41) is 9.27. The van der Waals surface area contributed by atoms with Crippen LogP contribution in [0.4, 0.5) is 0 Å². The zero-order valence-electron chi connectivity index (χ0n) is 16.6. The number of hydrogen-bond acceptors (Lipinski definition) is 4. The number of benzene rings is 2. The molecule has 0 N–H and O–H groups in total. The summed E-state index contributed by atoms with van der Waals surface area (Å²) in [7, 11) is 3.42. The van der Waals surface area contributed by atoms with Gasteiger partial charge in [-0.15, -0.1) is 10.2 Å². The van der Waals surface area contributed by atoms with Crippen LogP contribution in [0.2, 0.25) is 10.3 Å². The summed E-state index contributed by atoms with van der Waals surface area (Å²) >= 11 is 12.2. The molecule has 0 radical (unpaired) electrons. The molecule has 0 saturated carbocycles. The predicted octanol–water partition coefficient (Wildman–Crippen LogP) is 4.17. The van der Waals surface area contributed by atoms with Crippen molar-refractivity contribution in [2.45, 2.75) is 13.5 Å². The van der Waals surface area contributed by atoms with Gasteiger partial charge in [-0.3, -0.25) is 4.68 Å². The van der Waals surface area contributed by atoms with Crippen LogP contribution in [0.3, 0.4) is 0 Å². The van der Waals surface area contributed by atoms with Gasteiger partial charge in [0.15, 0.2) is 0 Å². The molecular formula is C21H19Cl2N5O2. The van der Waals surface area contributed by atoms with Crippen LogP contribution in [-0.2, 0) is 20.7 Å². The first kappa shape index (κ1) is 20.3. The fourth-order valence-corrected chi connectivity index (χ4v) is 3.79. The number of ether oxygens (including phenoxy) is 1. The molecule has 2 heterocycles. The van der Waals surface area contributed by atoms with Gasteiger partial charge in [0, 0.05) is 35.8 Å². The first-order valence-electron chi connectivity index (χ1n) is 9.19. The zero-order chi connectivity index (χ0) is 21.4. The third-order valence-electron chi connectivity index (χ3n) is 4.84. The van der Waals surface area contributed by atoms with Crippen LogP contribution in [-0.4, -0.2) is 24.1 Å². The molecule has 0 atom stereocenters.